The van der Waals surface area contributed by atoms with E-state index in [1.165, 1.54) is 0 Å². The molecule has 5 nitrogen and oxygen atoms in total. The first kappa shape index (κ1) is 27.8. The van der Waals surface area contributed by atoms with Crippen LogP contribution in [0.4, 0.5) is 0 Å². The number of Topliss-reactive ketones (excluding diaryl/α,β-unsaturated/α-hetero) is 2. The van der Waals surface area contributed by atoms with Crippen LogP contribution in [0, 0.1) is 10.8 Å². The highest BCUT2D eigenvalue weighted by atomic mass is 35.5. The van der Waals surface area contributed by atoms with Crippen LogP contribution in [0.15, 0.2) is 58.9 Å². The van der Waals surface area contributed by atoms with Crippen LogP contribution in [0.1, 0.15) is 70.4 Å². The lowest BCUT2D eigenvalue weighted by Gasteiger charge is -2.48. The molecule has 3 aliphatic rings. The van der Waals surface area contributed by atoms with Gasteiger partial charge in [-0.05, 0) is 59.1 Å². The number of carbonyl (C=O) groups excluding carboxylic acids is 2. The Morgan fingerprint density at radius 2 is 1.41 bits per heavy atom. The number of rotatable bonds is 5. The lowest BCUT2D eigenvalue weighted by atomic mass is 9.63. The molecule has 2 aromatic carbocycles. The number of hydrogen-bond donors (Lipinski definition) is 0. The molecular formula is C32H35Cl2NO4. The van der Waals surface area contributed by atoms with Crippen molar-refractivity contribution in [1.29, 1.82) is 0 Å². The maximum atomic E-state index is 13.8. The van der Waals surface area contributed by atoms with E-state index < -0.39 is 5.92 Å². The van der Waals surface area contributed by atoms with E-state index in [-0.39, 0.29) is 29.0 Å². The summed E-state index contributed by atoms with van der Waals surface area (Å²) in [5.74, 6) is 0.555. The van der Waals surface area contributed by atoms with E-state index in [0.717, 1.165) is 35.4 Å². The van der Waals surface area contributed by atoms with Gasteiger partial charge in [0.05, 0.1) is 12.1 Å². The summed E-state index contributed by atoms with van der Waals surface area (Å²) in [6.07, 6.45) is 2.40. The second-order valence-corrected chi connectivity index (χ2v) is 13.4. The molecule has 0 fully saturated rings. The largest absolute Gasteiger partial charge is 0.493 e. The molecule has 0 saturated carbocycles. The number of allylic oxidation sites excluding steroid dienone is 4. The summed E-state index contributed by atoms with van der Waals surface area (Å²) in [5.41, 5.74) is 4.81. The van der Waals surface area contributed by atoms with Crippen LogP contribution >= 0.6 is 23.2 Å². The summed E-state index contributed by atoms with van der Waals surface area (Å²) in [5, 5.41) is 1.02. The summed E-state index contributed by atoms with van der Waals surface area (Å²) in [7, 11) is 3.57. The van der Waals surface area contributed by atoms with Crippen LogP contribution in [0.5, 0.6) is 11.5 Å². The molecule has 206 valence electrons. The highest BCUT2D eigenvalue weighted by Gasteiger charge is 2.48. The summed E-state index contributed by atoms with van der Waals surface area (Å²) < 4.78 is 11.8. The maximum absolute atomic E-state index is 13.8. The number of carbonyl (C=O) groups is 2. The Morgan fingerprint density at radius 3 is 1.92 bits per heavy atom. The fourth-order valence-corrected chi connectivity index (χ4v) is 6.68. The maximum Gasteiger partial charge on any atom is 0.180 e. The Balaban J connectivity index is 1.62. The molecule has 0 N–H and O–H groups in total. The summed E-state index contributed by atoms with van der Waals surface area (Å²) in [4.78, 5) is 29.6. The molecule has 0 saturated heterocycles. The van der Waals surface area contributed by atoms with Crippen molar-refractivity contribution in [2.75, 3.05) is 14.2 Å². The van der Waals surface area contributed by atoms with Crippen molar-refractivity contribution in [3.63, 3.8) is 0 Å². The number of ketones is 2. The Labute approximate surface area is 240 Å². The molecule has 0 aromatic heterocycles. The average molecular weight is 569 g/mol. The van der Waals surface area contributed by atoms with Gasteiger partial charge in [0, 0.05) is 53.4 Å². The molecule has 1 aliphatic heterocycles. The lowest BCUT2D eigenvalue weighted by molar-refractivity contribution is -0.119. The zero-order valence-electron chi connectivity index (χ0n) is 23.4. The zero-order valence-corrected chi connectivity index (χ0v) is 24.9. The molecule has 0 amide bonds. The molecule has 5 rings (SSSR count). The predicted octanol–water partition coefficient (Wildman–Crippen LogP) is 7.90. The smallest absolute Gasteiger partial charge is 0.180 e. The monoisotopic (exact) mass is 567 g/mol. The third-order valence-corrected chi connectivity index (χ3v) is 8.59. The fraction of sp³-hybridized carbons (Fsp3) is 0.438. The molecule has 7 heteroatoms. The van der Waals surface area contributed by atoms with Crippen molar-refractivity contribution >= 4 is 34.8 Å². The second kappa shape index (κ2) is 10.0. The van der Waals surface area contributed by atoms with E-state index in [1.807, 2.05) is 43.4 Å². The zero-order chi connectivity index (χ0) is 28.3. The Kier molecular flexibility index (Phi) is 7.13. The third-order valence-electron chi connectivity index (χ3n) is 8.06. The van der Waals surface area contributed by atoms with Gasteiger partial charge >= 0.3 is 0 Å². The molecule has 2 aromatic rings. The van der Waals surface area contributed by atoms with Gasteiger partial charge in [-0.25, -0.2) is 0 Å². The first-order valence-corrected chi connectivity index (χ1v) is 14.1. The SMILES string of the molecule is COc1cc(C2C3=C(CC(C)(C)CC3=O)N(C)C3=C2C(=O)CC(C)(C)C3)cc(Cl)c1OCc1ccc(Cl)cc1. The van der Waals surface area contributed by atoms with Gasteiger partial charge in [-0.3, -0.25) is 9.59 Å². The number of hydrogen-bond acceptors (Lipinski definition) is 5. The first-order chi connectivity index (χ1) is 18.3. The van der Waals surface area contributed by atoms with Crippen LogP contribution in [0.3, 0.4) is 0 Å². The van der Waals surface area contributed by atoms with Gasteiger partial charge in [0.1, 0.15) is 6.61 Å². The van der Waals surface area contributed by atoms with Gasteiger partial charge in [-0.2, -0.15) is 0 Å². The number of benzene rings is 2. The number of ether oxygens (including phenoxy) is 2. The quantitative estimate of drug-likeness (QED) is 0.367. The summed E-state index contributed by atoms with van der Waals surface area (Å²) >= 11 is 12.8. The molecule has 0 radical (unpaired) electrons. The first-order valence-electron chi connectivity index (χ1n) is 13.3. The van der Waals surface area contributed by atoms with Crippen LogP contribution in [-0.4, -0.2) is 30.6 Å². The molecule has 1 heterocycles. The van der Waals surface area contributed by atoms with E-state index >= 15 is 0 Å². The minimum atomic E-state index is -0.491. The molecule has 0 spiro atoms. The normalized spacial score (nSPS) is 20.7. The van der Waals surface area contributed by atoms with Crippen LogP contribution in [0.25, 0.3) is 0 Å². The molecular weight excluding hydrogens is 533 g/mol. The van der Waals surface area contributed by atoms with E-state index in [1.54, 1.807) is 7.11 Å². The fourth-order valence-electron chi connectivity index (χ4n) is 6.28. The molecule has 2 aliphatic carbocycles. The van der Waals surface area contributed by atoms with E-state index in [2.05, 4.69) is 32.6 Å². The Bertz CT molecular complexity index is 1360. The molecule has 0 bridgehead atoms. The minimum Gasteiger partial charge on any atom is -0.493 e. The lowest BCUT2D eigenvalue weighted by Crippen LogP contribution is -2.43. The van der Waals surface area contributed by atoms with Crippen LogP contribution < -0.4 is 9.47 Å². The van der Waals surface area contributed by atoms with Crippen molar-refractivity contribution in [2.24, 2.45) is 10.8 Å². The summed E-state index contributed by atoms with van der Waals surface area (Å²) in [6.45, 7) is 8.80. The van der Waals surface area contributed by atoms with Crippen molar-refractivity contribution in [3.05, 3.63) is 80.1 Å². The number of halogens is 2. The highest BCUT2D eigenvalue weighted by Crippen LogP contribution is 2.55. The predicted molar refractivity (Wildman–Crippen MR) is 154 cm³/mol. The third kappa shape index (κ3) is 5.24. The van der Waals surface area contributed by atoms with Gasteiger partial charge in [0.25, 0.3) is 0 Å². The number of methoxy groups -OCH3 is 1. The van der Waals surface area contributed by atoms with Crippen LogP contribution in [0.2, 0.25) is 10.0 Å². The van der Waals surface area contributed by atoms with Crippen LogP contribution in [-0.2, 0) is 16.2 Å². The van der Waals surface area contributed by atoms with Crippen molar-refractivity contribution < 1.29 is 19.1 Å². The van der Waals surface area contributed by atoms with Gasteiger partial charge in [0.2, 0.25) is 0 Å². The van der Waals surface area contributed by atoms with Gasteiger partial charge in [0.15, 0.2) is 23.1 Å². The van der Waals surface area contributed by atoms with Gasteiger partial charge in [-0.1, -0.05) is 63.0 Å². The van der Waals surface area contributed by atoms with E-state index in [0.29, 0.717) is 45.5 Å². The van der Waals surface area contributed by atoms with Crippen molar-refractivity contribution in [3.8, 4) is 11.5 Å². The highest BCUT2D eigenvalue weighted by molar-refractivity contribution is 6.32. The number of nitrogens with zero attached hydrogens (tertiary/aromatic N) is 1. The Hall–Kier alpha value is -2.76. The van der Waals surface area contributed by atoms with E-state index in [9.17, 15) is 9.59 Å². The average Bonchev–Trinajstić information content (AvgIpc) is 2.84. The second-order valence-electron chi connectivity index (χ2n) is 12.5. The van der Waals surface area contributed by atoms with Crippen molar-refractivity contribution in [1.82, 2.24) is 4.90 Å². The Morgan fingerprint density at radius 1 is 0.872 bits per heavy atom. The minimum absolute atomic E-state index is 0.0837. The molecule has 0 unspecified atom stereocenters. The van der Waals surface area contributed by atoms with Gasteiger partial charge < -0.3 is 14.4 Å². The van der Waals surface area contributed by atoms with Gasteiger partial charge in [-0.15, -0.1) is 0 Å². The summed E-state index contributed by atoms with van der Waals surface area (Å²) in [6, 6.07) is 11.1. The topological polar surface area (TPSA) is 55.8 Å². The molecule has 0 atom stereocenters. The van der Waals surface area contributed by atoms with Crippen molar-refractivity contribution in [2.45, 2.75) is 65.9 Å². The van der Waals surface area contributed by atoms with E-state index in [4.69, 9.17) is 32.7 Å². The standard InChI is InChI=1S/C32H35Cl2NO4/c1-31(2)13-22-28(24(36)15-31)27(29-23(35(22)5)14-32(3,4)16-25(29)37)19-11-21(34)30(26(12-19)38-6)39-17-18-7-9-20(33)10-8-18/h7-12,27H,13-17H2,1-6H3. The molecule has 39 heavy (non-hydrogen) atoms.